The summed E-state index contributed by atoms with van der Waals surface area (Å²) in [5.41, 5.74) is 9.02. The summed E-state index contributed by atoms with van der Waals surface area (Å²) in [7, 11) is 0. The summed E-state index contributed by atoms with van der Waals surface area (Å²) in [6, 6.07) is 18.7. The van der Waals surface area contributed by atoms with Gasteiger partial charge in [-0.1, -0.05) is 42.5 Å². The number of aryl methyl sites for hydroxylation is 1. The third kappa shape index (κ3) is 2.45. The number of unbranched alkanes of at least 4 members (excludes halogenated alkanes) is 1. The first kappa shape index (κ1) is 12.9. The lowest BCUT2D eigenvalue weighted by Crippen LogP contribution is -2.04. The topological polar surface area (TPSA) is 43.8 Å². The van der Waals surface area contributed by atoms with Gasteiger partial charge in [0.2, 0.25) is 0 Å². The molecular weight excluding hydrogens is 246 g/mol. The van der Waals surface area contributed by atoms with E-state index in [1.165, 1.54) is 5.52 Å². The zero-order valence-electron chi connectivity index (χ0n) is 11.5. The summed E-state index contributed by atoms with van der Waals surface area (Å²) in [5, 5.41) is 0. The fourth-order valence-corrected chi connectivity index (χ4v) is 2.52. The van der Waals surface area contributed by atoms with Gasteiger partial charge in [0.15, 0.2) is 0 Å². The highest BCUT2D eigenvalue weighted by molar-refractivity contribution is 5.80. The summed E-state index contributed by atoms with van der Waals surface area (Å²) in [4.78, 5) is 4.79. The van der Waals surface area contributed by atoms with Gasteiger partial charge in [-0.05, 0) is 31.5 Å². The Morgan fingerprint density at radius 1 is 0.900 bits per heavy atom. The molecule has 3 nitrogen and oxygen atoms in total. The van der Waals surface area contributed by atoms with Gasteiger partial charge in [0.25, 0.3) is 0 Å². The lowest BCUT2D eigenvalue weighted by Gasteiger charge is -2.08. The van der Waals surface area contributed by atoms with Crippen LogP contribution in [0.2, 0.25) is 0 Å². The van der Waals surface area contributed by atoms with E-state index in [1.807, 2.05) is 12.1 Å². The number of rotatable bonds is 5. The molecule has 0 unspecified atom stereocenters. The molecule has 1 heterocycles. The molecule has 0 fully saturated rings. The maximum absolute atomic E-state index is 5.60. The van der Waals surface area contributed by atoms with E-state index in [0.717, 1.165) is 42.8 Å². The van der Waals surface area contributed by atoms with Crippen LogP contribution in [0, 0.1) is 0 Å². The van der Waals surface area contributed by atoms with E-state index in [0.29, 0.717) is 0 Å². The van der Waals surface area contributed by atoms with Crippen molar-refractivity contribution in [2.75, 3.05) is 6.54 Å². The lowest BCUT2D eigenvalue weighted by atomic mass is 10.2. The van der Waals surface area contributed by atoms with Crippen LogP contribution in [0.4, 0.5) is 0 Å². The van der Waals surface area contributed by atoms with Gasteiger partial charge in [-0.2, -0.15) is 0 Å². The van der Waals surface area contributed by atoms with Gasteiger partial charge in [0.05, 0.1) is 11.0 Å². The van der Waals surface area contributed by atoms with Crippen LogP contribution in [0.3, 0.4) is 0 Å². The summed E-state index contributed by atoms with van der Waals surface area (Å²) < 4.78 is 2.31. The van der Waals surface area contributed by atoms with Crippen LogP contribution in [-0.4, -0.2) is 16.1 Å². The second-order valence-corrected chi connectivity index (χ2v) is 4.94. The van der Waals surface area contributed by atoms with Gasteiger partial charge in [0, 0.05) is 12.1 Å². The van der Waals surface area contributed by atoms with E-state index < -0.39 is 0 Å². The fourth-order valence-electron chi connectivity index (χ4n) is 2.52. The Labute approximate surface area is 119 Å². The van der Waals surface area contributed by atoms with Gasteiger partial charge in [-0.15, -0.1) is 0 Å². The molecule has 0 aliphatic rings. The van der Waals surface area contributed by atoms with Crippen molar-refractivity contribution in [3.63, 3.8) is 0 Å². The fraction of sp³-hybridized carbons (Fsp3) is 0.235. The first-order valence-corrected chi connectivity index (χ1v) is 7.11. The number of para-hydroxylation sites is 2. The second-order valence-electron chi connectivity index (χ2n) is 4.94. The first-order valence-electron chi connectivity index (χ1n) is 7.11. The molecule has 0 atom stereocenters. The Morgan fingerprint density at radius 2 is 1.65 bits per heavy atom. The zero-order chi connectivity index (χ0) is 13.8. The number of nitrogens with zero attached hydrogens (tertiary/aromatic N) is 2. The molecule has 1 aromatic heterocycles. The summed E-state index contributed by atoms with van der Waals surface area (Å²) in [5.74, 6) is 1.05. The van der Waals surface area contributed by atoms with Crippen LogP contribution in [0.5, 0.6) is 0 Å². The average Bonchev–Trinajstić information content (AvgIpc) is 2.87. The van der Waals surface area contributed by atoms with Crippen LogP contribution in [0.25, 0.3) is 22.4 Å². The number of aromatic nitrogens is 2. The van der Waals surface area contributed by atoms with Gasteiger partial charge in [0.1, 0.15) is 5.82 Å². The molecule has 0 saturated carbocycles. The van der Waals surface area contributed by atoms with E-state index in [2.05, 4.69) is 47.0 Å². The van der Waals surface area contributed by atoms with Crippen molar-refractivity contribution < 1.29 is 0 Å². The highest BCUT2D eigenvalue weighted by Gasteiger charge is 2.11. The number of benzene rings is 2. The third-order valence-corrected chi connectivity index (χ3v) is 3.52. The first-order chi connectivity index (χ1) is 9.90. The quantitative estimate of drug-likeness (QED) is 0.718. The molecule has 20 heavy (non-hydrogen) atoms. The van der Waals surface area contributed by atoms with Gasteiger partial charge in [-0.25, -0.2) is 4.98 Å². The SMILES string of the molecule is NCCCCn1c(-c2ccccc2)nc2ccccc21. The second kappa shape index (κ2) is 5.88. The maximum Gasteiger partial charge on any atom is 0.141 e. The highest BCUT2D eigenvalue weighted by Crippen LogP contribution is 2.25. The Bertz CT molecular complexity index is 686. The van der Waals surface area contributed by atoms with Crippen LogP contribution in [-0.2, 0) is 6.54 Å². The highest BCUT2D eigenvalue weighted by atomic mass is 15.1. The summed E-state index contributed by atoms with van der Waals surface area (Å²) >= 11 is 0. The van der Waals surface area contributed by atoms with Crippen molar-refractivity contribution in [2.24, 2.45) is 5.73 Å². The van der Waals surface area contributed by atoms with Gasteiger partial charge >= 0.3 is 0 Å². The molecule has 0 aliphatic heterocycles. The maximum atomic E-state index is 5.60. The van der Waals surface area contributed by atoms with E-state index in [-0.39, 0.29) is 0 Å². The molecule has 0 bridgehead atoms. The van der Waals surface area contributed by atoms with Crippen molar-refractivity contribution in [1.29, 1.82) is 0 Å². The monoisotopic (exact) mass is 265 g/mol. The van der Waals surface area contributed by atoms with E-state index in [1.54, 1.807) is 0 Å². The summed E-state index contributed by atoms with van der Waals surface area (Å²) in [6.07, 6.45) is 2.12. The predicted octanol–water partition coefficient (Wildman–Crippen LogP) is 3.44. The molecule has 0 aliphatic carbocycles. The number of nitrogens with two attached hydrogens (primary N) is 1. The summed E-state index contributed by atoms with van der Waals surface area (Å²) in [6.45, 7) is 1.70. The van der Waals surface area contributed by atoms with E-state index >= 15 is 0 Å². The van der Waals surface area contributed by atoms with Crippen LogP contribution in [0.15, 0.2) is 54.6 Å². The molecule has 2 N–H and O–H groups in total. The van der Waals surface area contributed by atoms with Crippen molar-refractivity contribution in [3.8, 4) is 11.4 Å². The molecule has 3 rings (SSSR count). The van der Waals surface area contributed by atoms with Crippen molar-refractivity contribution >= 4 is 11.0 Å². The van der Waals surface area contributed by atoms with Crippen LogP contribution in [0.1, 0.15) is 12.8 Å². The zero-order valence-corrected chi connectivity index (χ0v) is 11.5. The number of imidazole rings is 1. The molecule has 0 saturated heterocycles. The molecule has 3 aromatic rings. The number of hydrogen-bond donors (Lipinski definition) is 1. The molecule has 3 heteroatoms. The standard InChI is InChI=1S/C17H19N3/c18-12-6-7-13-20-16-11-5-4-10-15(16)19-17(20)14-8-2-1-3-9-14/h1-5,8-11H,6-7,12-13,18H2. The Hall–Kier alpha value is -2.13. The Morgan fingerprint density at radius 3 is 2.45 bits per heavy atom. The lowest BCUT2D eigenvalue weighted by molar-refractivity contribution is 0.631. The predicted molar refractivity (Wildman–Crippen MR) is 83.5 cm³/mol. The van der Waals surface area contributed by atoms with Crippen LogP contribution < -0.4 is 5.73 Å². The van der Waals surface area contributed by atoms with Crippen LogP contribution >= 0.6 is 0 Å². The minimum Gasteiger partial charge on any atom is -0.330 e. The van der Waals surface area contributed by atoms with Gasteiger partial charge in [-0.3, -0.25) is 0 Å². The molecule has 0 spiro atoms. The minimum absolute atomic E-state index is 0.743. The molecule has 102 valence electrons. The van der Waals surface area contributed by atoms with Gasteiger partial charge < -0.3 is 10.3 Å². The largest absolute Gasteiger partial charge is 0.330 e. The molecule has 2 aromatic carbocycles. The van der Waals surface area contributed by atoms with E-state index in [9.17, 15) is 0 Å². The Balaban J connectivity index is 2.08. The van der Waals surface area contributed by atoms with Crippen molar-refractivity contribution in [1.82, 2.24) is 9.55 Å². The molecule has 0 amide bonds. The number of fused-ring (bicyclic) bond motifs is 1. The van der Waals surface area contributed by atoms with Crippen molar-refractivity contribution in [3.05, 3.63) is 54.6 Å². The average molecular weight is 265 g/mol. The minimum atomic E-state index is 0.743. The number of hydrogen-bond acceptors (Lipinski definition) is 2. The Kier molecular flexibility index (Phi) is 3.79. The molecule has 0 radical (unpaired) electrons. The van der Waals surface area contributed by atoms with Crippen molar-refractivity contribution in [2.45, 2.75) is 19.4 Å². The van der Waals surface area contributed by atoms with E-state index in [4.69, 9.17) is 10.7 Å². The normalized spacial score (nSPS) is 11.1. The third-order valence-electron chi connectivity index (χ3n) is 3.52. The molecular formula is C17H19N3. The smallest absolute Gasteiger partial charge is 0.141 e.